The van der Waals surface area contributed by atoms with Gasteiger partial charge in [-0.3, -0.25) is 0 Å². The molecular formula is C17H23NO. The van der Waals surface area contributed by atoms with Crippen molar-refractivity contribution in [1.82, 2.24) is 5.32 Å². The van der Waals surface area contributed by atoms with Gasteiger partial charge in [0.1, 0.15) is 0 Å². The first-order chi connectivity index (χ1) is 9.21. The summed E-state index contributed by atoms with van der Waals surface area (Å²) in [4.78, 5) is 0. The Bertz CT molecular complexity index is 500. The normalized spacial score (nSPS) is 44.3. The molecule has 2 heteroatoms. The lowest BCUT2D eigenvalue weighted by Gasteiger charge is -2.58. The Kier molecular flexibility index (Phi) is 2.55. The van der Waals surface area contributed by atoms with Crippen molar-refractivity contribution in [2.75, 3.05) is 6.54 Å². The number of nitrogens with one attached hydrogen (secondary N) is 1. The standard InChI is InChI=1S/C17H23NO/c1-11-8-14-15-9-12-4-2-3-5-13(12)17(14,6-7-18-15)10-16(11)19/h2-5,11,14-16,18-19H,6-10H2,1H3/t11?,14-,15+,16?,17+/m0/s1. The van der Waals surface area contributed by atoms with Gasteiger partial charge in [-0.25, -0.2) is 0 Å². The van der Waals surface area contributed by atoms with Gasteiger partial charge >= 0.3 is 0 Å². The average molecular weight is 257 g/mol. The number of aliphatic hydroxyl groups excluding tert-OH is 1. The van der Waals surface area contributed by atoms with Gasteiger partial charge < -0.3 is 10.4 Å². The zero-order valence-corrected chi connectivity index (χ0v) is 11.6. The molecule has 2 N–H and O–H groups in total. The van der Waals surface area contributed by atoms with E-state index in [9.17, 15) is 5.11 Å². The largest absolute Gasteiger partial charge is 0.393 e. The summed E-state index contributed by atoms with van der Waals surface area (Å²) in [5.74, 6) is 1.17. The van der Waals surface area contributed by atoms with E-state index >= 15 is 0 Å². The van der Waals surface area contributed by atoms with Crippen LogP contribution in [0.4, 0.5) is 0 Å². The Balaban J connectivity index is 1.87. The molecule has 1 aliphatic heterocycles. The highest BCUT2D eigenvalue weighted by molar-refractivity contribution is 5.41. The van der Waals surface area contributed by atoms with E-state index < -0.39 is 0 Å². The van der Waals surface area contributed by atoms with Crippen molar-refractivity contribution in [3.63, 3.8) is 0 Å². The van der Waals surface area contributed by atoms with Gasteiger partial charge in [0.2, 0.25) is 0 Å². The van der Waals surface area contributed by atoms with Crippen LogP contribution < -0.4 is 5.32 Å². The highest BCUT2D eigenvalue weighted by Gasteiger charge is 2.54. The van der Waals surface area contributed by atoms with Gasteiger partial charge in [-0.05, 0) is 55.2 Å². The monoisotopic (exact) mass is 257 g/mol. The Morgan fingerprint density at radius 2 is 2.16 bits per heavy atom. The van der Waals surface area contributed by atoms with Crippen LogP contribution in [0.3, 0.4) is 0 Å². The first-order valence-corrected chi connectivity index (χ1v) is 7.70. The van der Waals surface area contributed by atoms with Crippen molar-refractivity contribution in [3.05, 3.63) is 35.4 Å². The van der Waals surface area contributed by atoms with Crippen LogP contribution in [-0.2, 0) is 11.8 Å². The molecule has 3 aliphatic rings. The van der Waals surface area contributed by atoms with Crippen LogP contribution in [-0.4, -0.2) is 23.8 Å². The molecule has 0 radical (unpaired) electrons. The molecule has 1 aromatic rings. The fourth-order valence-corrected chi connectivity index (χ4v) is 5.05. The number of benzene rings is 1. The molecule has 0 aromatic heterocycles. The van der Waals surface area contributed by atoms with E-state index in [1.54, 1.807) is 5.56 Å². The lowest BCUT2D eigenvalue weighted by atomic mass is 9.51. The summed E-state index contributed by atoms with van der Waals surface area (Å²) >= 11 is 0. The lowest BCUT2D eigenvalue weighted by molar-refractivity contribution is -0.0301. The van der Waals surface area contributed by atoms with Crippen molar-refractivity contribution >= 4 is 0 Å². The molecule has 1 saturated heterocycles. The van der Waals surface area contributed by atoms with Crippen molar-refractivity contribution in [3.8, 4) is 0 Å². The first kappa shape index (κ1) is 11.9. The Morgan fingerprint density at radius 1 is 1.32 bits per heavy atom. The maximum atomic E-state index is 10.4. The number of piperidine rings is 1. The molecule has 102 valence electrons. The second kappa shape index (κ2) is 4.07. The van der Waals surface area contributed by atoms with E-state index in [2.05, 4.69) is 36.5 Å². The van der Waals surface area contributed by atoms with Gasteiger partial charge in [0, 0.05) is 11.5 Å². The molecule has 2 bridgehead atoms. The van der Waals surface area contributed by atoms with Gasteiger partial charge in [-0.15, -0.1) is 0 Å². The molecule has 2 nitrogen and oxygen atoms in total. The molecule has 19 heavy (non-hydrogen) atoms. The van der Waals surface area contributed by atoms with E-state index in [-0.39, 0.29) is 11.5 Å². The fourth-order valence-electron chi connectivity index (χ4n) is 5.05. The third-order valence-electron chi connectivity index (χ3n) is 6.02. The average Bonchev–Trinajstić information content (AvgIpc) is 2.40. The number of rotatable bonds is 0. The topological polar surface area (TPSA) is 32.3 Å². The molecule has 0 amide bonds. The van der Waals surface area contributed by atoms with Crippen LogP contribution in [0.1, 0.15) is 37.3 Å². The maximum Gasteiger partial charge on any atom is 0.0574 e. The van der Waals surface area contributed by atoms with Crippen molar-refractivity contribution in [1.29, 1.82) is 0 Å². The second-order valence-electron chi connectivity index (χ2n) is 6.92. The minimum absolute atomic E-state index is 0.124. The van der Waals surface area contributed by atoms with Crippen LogP contribution in [0.15, 0.2) is 24.3 Å². The summed E-state index contributed by atoms with van der Waals surface area (Å²) in [5.41, 5.74) is 3.30. The highest BCUT2D eigenvalue weighted by atomic mass is 16.3. The van der Waals surface area contributed by atoms with Gasteiger partial charge in [-0.2, -0.15) is 0 Å². The van der Waals surface area contributed by atoms with Crippen LogP contribution >= 0.6 is 0 Å². The zero-order chi connectivity index (χ0) is 13.0. The van der Waals surface area contributed by atoms with Crippen molar-refractivity contribution < 1.29 is 5.11 Å². The number of hydrogen-bond donors (Lipinski definition) is 2. The van der Waals surface area contributed by atoms with E-state index in [0.29, 0.717) is 12.0 Å². The summed E-state index contributed by atoms with van der Waals surface area (Å²) in [6.45, 7) is 3.32. The van der Waals surface area contributed by atoms with Crippen molar-refractivity contribution in [2.45, 2.75) is 50.2 Å². The summed E-state index contributed by atoms with van der Waals surface area (Å²) in [7, 11) is 0. The summed E-state index contributed by atoms with van der Waals surface area (Å²) in [6, 6.07) is 9.58. The van der Waals surface area contributed by atoms with E-state index in [1.807, 2.05) is 0 Å². The molecule has 1 heterocycles. The van der Waals surface area contributed by atoms with Crippen LogP contribution in [0, 0.1) is 11.8 Å². The lowest BCUT2D eigenvalue weighted by Crippen LogP contribution is -2.62. The van der Waals surface area contributed by atoms with Gasteiger partial charge in [0.25, 0.3) is 0 Å². The molecule has 2 fully saturated rings. The molecule has 0 spiro atoms. The Labute approximate surface area is 115 Å². The Hall–Kier alpha value is -0.860. The molecule has 4 rings (SSSR count). The van der Waals surface area contributed by atoms with Gasteiger partial charge in [0.15, 0.2) is 0 Å². The molecule has 1 saturated carbocycles. The highest BCUT2D eigenvalue weighted by Crippen LogP contribution is 2.54. The van der Waals surface area contributed by atoms with Crippen molar-refractivity contribution in [2.24, 2.45) is 11.8 Å². The Morgan fingerprint density at radius 3 is 3.05 bits per heavy atom. The minimum Gasteiger partial charge on any atom is -0.393 e. The third-order valence-corrected chi connectivity index (χ3v) is 6.02. The van der Waals surface area contributed by atoms with Crippen LogP contribution in [0.5, 0.6) is 0 Å². The smallest absolute Gasteiger partial charge is 0.0574 e. The molecule has 2 unspecified atom stereocenters. The van der Waals surface area contributed by atoms with E-state index in [4.69, 9.17) is 0 Å². The fraction of sp³-hybridized carbons (Fsp3) is 0.647. The van der Waals surface area contributed by atoms with Gasteiger partial charge in [0.05, 0.1) is 6.10 Å². The number of fused-ring (bicyclic) bond motifs is 1. The van der Waals surface area contributed by atoms with E-state index in [1.165, 1.54) is 24.8 Å². The SMILES string of the molecule is CC1C[C@H]2[C@H]3Cc4ccccc4[C@@]2(CCN3)CC1O. The van der Waals surface area contributed by atoms with Crippen LogP contribution in [0.2, 0.25) is 0 Å². The predicted molar refractivity (Wildman–Crippen MR) is 76.1 cm³/mol. The predicted octanol–water partition coefficient (Wildman–Crippen LogP) is 2.25. The first-order valence-electron chi connectivity index (χ1n) is 7.70. The quantitative estimate of drug-likeness (QED) is 0.747. The molecule has 2 aliphatic carbocycles. The third kappa shape index (κ3) is 1.56. The molecular weight excluding hydrogens is 234 g/mol. The summed E-state index contributed by atoms with van der Waals surface area (Å²) in [5, 5.41) is 14.2. The minimum atomic E-state index is -0.124. The summed E-state index contributed by atoms with van der Waals surface area (Å²) in [6.07, 6.45) is 4.38. The number of hydrogen-bond acceptors (Lipinski definition) is 2. The number of aliphatic hydroxyl groups is 1. The summed E-state index contributed by atoms with van der Waals surface area (Å²) < 4.78 is 0. The molecule has 1 aromatic carbocycles. The van der Waals surface area contributed by atoms with Gasteiger partial charge in [-0.1, -0.05) is 31.2 Å². The second-order valence-corrected chi connectivity index (χ2v) is 6.92. The zero-order valence-electron chi connectivity index (χ0n) is 11.6. The van der Waals surface area contributed by atoms with Crippen LogP contribution in [0.25, 0.3) is 0 Å². The van der Waals surface area contributed by atoms with E-state index in [0.717, 1.165) is 18.9 Å². The molecule has 5 atom stereocenters. The maximum absolute atomic E-state index is 10.4.